The molecule has 0 radical (unpaired) electrons. The van der Waals surface area contributed by atoms with E-state index in [2.05, 4.69) is 28.2 Å². The Morgan fingerprint density at radius 1 is 1.16 bits per heavy atom. The van der Waals surface area contributed by atoms with Gasteiger partial charge in [-0.25, -0.2) is 0 Å². The second-order valence-corrected chi connectivity index (χ2v) is 7.44. The lowest BCUT2D eigenvalue weighted by molar-refractivity contribution is -0.121. The van der Waals surface area contributed by atoms with Crippen LogP contribution in [0.4, 0.5) is 0 Å². The number of unbranched alkanes of at least 4 members (excludes halogenated alkanes) is 2. The van der Waals surface area contributed by atoms with Gasteiger partial charge in [0.05, 0.1) is 11.1 Å². The van der Waals surface area contributed by atoms with E-state index in [0.29, 0.717) is 24.0 Å². The molecule has 1 aliphatic heterocycles. The van der Waals surface area contributed by atoms with Crippen molar-refractivity contribution in [3.8, 4) is 0 Å². The summed E-state index contributed by atoms with van der Waals surface area (Å²) in [4.78, 5) is 37.9. The molecule has 25 heavy (non-hydrogen) atoms. The number of amides is 3. The Hall–Kier alpha value is -1.69. The quantitative estimate of drug-likeness (QED) is 0.497. The van der Waals surface area contributed by atoms with Crippen molar-refractivity contribution >= 4 is 33.7 Å². The van der Waals surface area contributed by atoms with Gasteiger partial charge in [0.2, 0.25) is 5.91 Å². The largest absolute Gasteiger partial charge is 0.354 e. The van der Waals surface area contributed by atoms with E-state index >= 15 is 0 Å². The van der Waals surface area contributed by atoms with Crippen LogP contribution in [0.25, 0.3) is 0 Å². The topological polar surface area (TPSA) is 66.5 Å². The first-order chi connectivity index (χ1) is 11.9. The highest BCUT2D eigenvalue weighted by atomic mass is 79.9. The molecule has 0 saturated heterocycles. The van der Waals surface area contributed by atoms with Gasteiger partial charge in [-0.1, -0.05) is 42.1 Å². The molecule has 1 heterocycles. The Bertz CT molecular complexity index is 660. The van der Waals surface area contributed by atoms with Gasteiger partial charge in [0.15, 0.2) is 0 Å². The maximum absolute atomic E-state index is 12.3. The number of hydrogen-bond donors (Lipinski definition) is 1. The predicted molar refractivity (Wildman–Crippen MR) is 100 cm³/mol. The van der Waals surface area contributed by atoms with Crippen molar-refractivity contribution in [2.75, 3.05) is 6.54 Å². The molecule has 0 fully saturated rings. The van der Waals surface area contributed by atoms with Gasteiger partial charge in [-0.2, -0.15) is 0 Å². The minimum atomic E-state index is -0.283. The number of carbonyl (C=O) groups is 3. The third-order valence-electron chi connectivity index (χ3n) is 4.37. The molecule has 1 N–H and O–H groups in total. The highest BCUT2D eigenvalue weighted by Gasteiger charge is 2.35. The van der Waals surface area contributed by atoms with Crippen LogP contribution in [-0.4, -0.2) is 35.2 Å². The van der Waals surface area contributed by atoms with Gasteiger partial charge in [-0.15, -0.1) is 0 Å². The van der Waals surface area contributed by atoms with Crippen LogP contribution >= 0.6 is 15.9 Å². The van der Waals surface area contributed by atoms with Crippen molar-refractivity contribution in [1.82, 2.24) is 10.2 Å². The standard InChI is InChI=1S/C19H25BrN2O3/c1-3-4-5-7-13(2)21-17(23)8-6-11-22-18(24)15-10-9-14(20)12-16(15)19(22)25/h9-10,12-13H,3-8,11H2,1-2H3,(H,21,23). The van der Waals surface area contributed by atoms with Crippen LogP contribution in [0.2, 0.25) is 0 Å². The Morgan fingerprint density at radius 3 is 2.60 bits per heavy atom. The molecule has 0 aromatic heterocycles. The number of hydrogen-bond acceptors (Lipinski definition) is 3. The van der Waals surface area contributed by atoms with Crippen LogP contribution in [0, 0.1) is 0 Å². The average Bonchev–Trinajstić information content (AvgIpc) is 2.79. The van der Waals surface area contributed by atoms with Gasteiger partial charge in [-0.3, -0.25) is 19.3 Å². The van der Waals surface area contributed by atoms with E-state index in [1.807, 2.05) is 6.92 Å². The Morgan fingerprint density at radius 2 is 1.88 bits per heavy atom. The summed E-state index contributed by atoms with van der Waals surface area (Å²) in [6.45, 7) is 4.43. The number of imide groups is 1. The molecular weight excluding hydrogens is 384 g/mol. The van der Waals surface area contributed by atoms with Gasteiger partial charge in [0, 0.05) is 23.5 Å². The zero-order valence-electron chi connectivity index (χ0n) is 14.8. The molecule has 0 spiro atoms. The fourth-order valence-electron chi connectivity index (χ4n) is 2.98. The molecule has 3 amide bonds. The highest BCUT2D eigenvalue weighted by Crippen LogP contribution is 2.26. The molecule has 2 rings (SSSR count). The fraction of sp³-hybridized carbons (Fsp3) is 0.526. The summed E-state index contributed by atoms with van der Waals surface area (Å²) < 4.78 is 0.769. The summed E-state index contributed by atoms with van der Waals surface area (Å²) in [6, 6.07) is 5.24. The zero-order valence-corrected chi connectivity index (χ0v) is 16.4. The molecule has 136 valence electrons. The van der Waals surface area contributed by atoms with Crippen LogP contribution in [0.1, 0.15) is 73.1 Å². The van der Waals surface area contributed by atoms with E-state index in [1.54, 1.807) is 18.2 Å². The van der Waals surface area contributed by atoms with E-state index in [1.165, 1.54) is 11.3 Å². The lowest BCUT2D eigenvalue weighted by atomic mass is 10.1. The molecule has 1 aromatic rings. The smallest absolute Gasteiger partial charge is 0.261 e. The average molecular weight is 409 g/mol. The lowest BCUT2D eigenvalue weighted by Gasteiger charge is -2.15. The Labute approximate surface area is 157 Å². The number of halogens is 1. The summed E-state index contributed by atoms with van der Waals surface area (Å²) in [5.41, 5.74) is 0.857. The van der Waals surface area contributed by atoms with E-state index in [0.717, 1.165) is 23.7 Å². The lowest BCUT2D eigenvalue weighted by Crippen LogP contribution is -2.34. The minimum Gasteiger partial charge on any atom is -0.354 e. The summed E-state index contributed by atoms with van der Waals surface area (Å²) in [7, 11) is 0. The number of carbonyl (C=O) groups excluding carboxylic acids is 3. The third-order valence-corrected chi connectivity index (χ3v) is 4.86. The summed E-state index contributed by atoms with van der Waals surface area (Å²) >= 11 is 3.31. The predicted octanol–water partition coefficient (Wildman–Crippen LogP) is 3.91. The molecule has 0 bridgehead atoms. The van der Waals surface area contributed by atoms with Crippen LogP contribution in [0.5, 0.6) is 0 Å². The number of benzene rings is 1. The number of nitrogens with zero attached hydrogens (tertiary/aromatic N) is 1. The maximum atomic E-state index is 12.3. The van der Waals surface area contributed by atoms with Crippen LogP contribution in [0.15, 0.2) is 22.7 Å². The van der Waals surface area contributed by atoms with E-state index < -0.39 is 0 Å². The maximum Gasteiger partial charge on any atom is 0.261 e. The van der Waals surface area contributed by atoms with Crippen LogP contribution in [0.3, 0.4) is 0 Å². The van der Waals surface area contributed by atoms with Crippen molar-refractivity contribution in [2.24, 2.45) is 0 Å². The van der Waals surface area contributed by atoms with Crippen molar-refractivity contribution in [3.63, 3.8) is 0 Å². The van der Waals surface area contributed by atoms with Crippen molar-refractivity contribution in [3.05, 3.63) is 33.8 Å². The Kier molecular flexibility index (Phi) is 7.17. The molecule has 1 aromatic carbocycles. The molecule has 6 heteroatoms. The first-order valence-corrected chi connectivity index (χ1v) is 9.68. The van der Waals surface area contributed by atoms with E-state index in [9.17, 15) is 14.4 Å². The monoisotopic (exact) mass is 408 g/mol. The summed E-state index contributed by atoms with van der Waals surface area (Å²) in [5.74, 6) is -0.584. The SMILES string of the molecule is CCCCCC(C)NC(=O)CCCN1C(=O)c2ccc(Br)cc2C1=O. The second kappa shape index (κ2) is 9.13. The summed E-state index contributed by atoms with van der Waals surface area (Å²) in [5, 5.41) is 2.98. The van der Waals surface area contributed by atoms with E-state index in [-0.39, 0.29) is 30.3 Å². The number of nitrogens with one attached hydrogen (secondary N) is 1. The molecule has 0 saturated carbocycles. The molecular formula is C19H25BrN2O3. The second-order valence-electron chi connectivity index (χ2n) is 6.52. The fourth-order valence-corrected chi connectivity index (χ4v) is 3.34. The molecule has 5 nitrogen and oxygen atoms in total. The molecule has 1 aliphatic rings. The van der Waals surface area contributed by atoms with Gasteiger partial charge in [0.1, 0.15) is 0 Å². The highest BCUT2D eigenvalue weighted by molar-refractivity contribution is 9.10. The van der Waals surface area contributed by atoms with Gasteiger partial charge < -0.3 is 5.32 Å². The van der Waals surface area contributed by atoms with Crippen molar-refractivity contribution < 1.29 is 14.4 Å². The van der Waals surface area contributed by atoms with Crippen molar-refractivity contribution in [1.29, 1.82) is 0 Å². The third kappa shape index (κ3) is 5.14. The molecule has 1 atom stereocenters. The Balaban J connectivity index is 1.78. The molecule has 0 aliphatic carbocycles. The first-order valence-electron chi connectivity index (χ1n) is 8.89. The number of fused-ring (bicyclic) bond motifs is 1. The summed E-state index contributed by atoms with van der Waals surface area (Å²) in [6.07, 6.45) is 5.22. The number of rotatable bonds is 9. The van der Waals surface area contributed by atoms with Gasteiger partial charge >= 0.3 is 0 Å². The van der Waals surface area contributed by atoms with Gasteiger partial charge in [0.25, 0.3) is 11.8 Å². The van der Waals surface area contributed by atoms with Crippen LogP contribution in [-0.2, 0) is 4.79 Å². The zero-order chi connectivity index (χ0) is 18.4. The van der Waals surface area contributed by atoms with Gasteiger partial charge in [-0.05, 0) is 38.0 Å². The first kappa shape index (κ1) is 19.6. The normalized spacial score (nSPS) is 14.6. The minimum absolute atomic E-state index is 0.0247. The van der Waals surface area contributed by atoms with Crippen LogP contribution < -0.4 is 5.32 Å². The van der Waals surface area contributed by atoms with Crippen molar-refractivity contribution in [2.45, 2.75) is 58.4 Å². The van der Waals surface area contributed by atoms with E-state index in [4.69, 9.17) is 0 Å². The molecule has 1 unspecified atom stereocenters.